The van der Waals surface area contributed by atoms with Crippen LogP contribution in [0.1, 0.15) is 284 Å². The van der Waals surface area contributed by atoms with Crippen LogP contribution in [0.2, 0.25) is 0 Å². The number of ether oxygens (including phenoxy) is 1. The fourth-order valence-corrected chi connectivity index (χ4v) is 8.25. The number of carbonyl (C=O) groups is 2. The Labute approximate surface area is 397 Å². The predicted octanol–water partition coefficient (Wildman–Crippen LogP) is 17.0. The van der Waals surface area contributed by atoms with Gasteiger partial charge in [0.05, 0.1) is 25.4 Å². The summed E-state index contributed by atoms with van der Waals surface area (Å²) < 4.78 is 5.47. The summed E-state index contributed by atoms with van der Waals surface area (Å²) in [6.07, 6.45) is 66.9. The lowest BCUT2D eigenvalue weighted by atomic mass is 10.0. The molecule has 0 aromatic rings. The third-order valence-electron chi connectivity index (χ3n) is 12.6. The van der Waals surface area contributed by atoms with E-state index in [0.29, 0.717) is 19.4 Å². The van der Waals surface area contributed by atoms with Crippen LogP contribution >= 0.6 is 0 Å². The largest absolute Gasteiger partial charge is 0.466 e. The lowest BCUT2D eigenvalue weighted by Crippen LogP contribution is -2.45. The average molecular weight is 898 g/mol. The normalized spacial score (nSPS) is 13.0. The minimum absolute atomic E-state index is 0.0184. The van der Waals surface area contributed by atoms with Crippen molar-refractivity contribution >= 4 is 11.9 Å². The summed E-state index contributed by atoms with van der Waals surface area (Å²) in [4.78, 5) is 24.5. The molecular weight excluding hydrogens is 791 g/mol. The topological polar surface area (TPSA) is 95.9 Å². The monoisotopic (exact) mass is 898 g/mol. The Balaban J connectivity index is 3.52. The standard InChI is InChI=1S/C58H107NO5/c1-3-5-7-9-11-13-15-17-19-20-21-22-24-28-32-36-40-44-48-52-58(63)64-53-49-45-41-37-33-29-25-27-31-35-39-43-47-51-57(62)59-55(54-60)56(61)50-46-42-38-34-30-26-23-18-16-14-12-10-8-6-4-2/h11,13,17,19,27,31,46,50,55-56,60-61H,3-10,12,14-16,18,20-26,28-30,32-45,47-49,51-54H2,1-2H3,(H,59,62)/b13-11-,19-17-,31-27-,50-46+. The number of aliphatic hydroxyl groups is 2. The fraction of sp³-hybridized carbons (Fsp3) is 0.828. The summed E-state index contributed by atoms with van der Waals surface area (Å²) in [6, 6.07) is -0.649. The molecule has 0 heterocycles. The molecule has 6 nitrogen and oxygen atoms in total. The zero-order valence-electron chi connectivity index (χ0n) is 42.5. The van der Waals surface area contributed by atoms with Crippen LogP contribution in [0, 0.1) is 0 Å². The van der Waals surface area contributed by atoms with Gasteiger partial charge < -0.3 is 20.3 Å². The zero-order chi connectivity index (χ0) is 46.5. The summed E-state index contributed by atoms with van der Waals surface area (Å²) in [5.74, 6) is -0.117. The van der Waals surface area contributed by atoms with Crippen LogP contribution in [0.4, 0.5) is 0 Å². The SMILES string of the molecule is CCCCC/C=C\C/C=C\CCCCCCCCCCCC(=O)OCCCCCCCC/C=C\CCCCCC(=O)NC(CO)C(O)/C=C/CCCCCCCCCCCCCCC. The molecule has 0 saturated heterocycles. The zero-order valence-corrected chi connectivity index (χ0v) is 42.5. The Kier molecular flexibility index (Phi) is 51.6. The maximum absolute atomic E-state index is 12.4. The highest BCUT2D eigenvalue weighted by Gasteiger charge is 2.18. The molecule has 0 spiro atoms. The van der Waals surface area contributed by atoms with Gasteiger partial charge in [0.15, 0.2) is 0 Å². The molecule has 0 aliphatic rings. The maximum Gasteiger partial charge on any atom is 0.305 e. The summed E-state index contributed by atoms with van der Waals surface area (Å²) in [5.41, 5.74) is 0. The third-order valence-corrected chi connectivity index (χ3v) is 12.6. The van der Waals surface area contributed by atoms with Crippen molar-refractivity contribution in [3.05, 3.63) is 48.6 Å². The van der Waals surface area contributed by atoms with Crippen molar-refractivity contribution in [2.75, 3.05) is 13.2 Å². The van der Waals surface area contributed by atoms with Gasteiger partial charge in [-0.3, -0.25) is 9.59 Å². The van der Waals surface area contributed by atoms with Crippen LogP contribution in [-0.2, 0) is 14.3 Å². The molecule has 0 aliphatic heterocycles. The first-order valence-electron chi connectivity index (χ1n) is 27.9. The van der Waals surface area contributed by atoms with Crippen molar-refractivity contribution in [1.29, 1.82) is 0 Å². The molecule has 3 N–H and O–H groups in total. The first-order valence-corrected chi connectivity index (χ1v) is 27.9. The first-order chi connectivity index (χ1) is 31.5. The van der Waals surface area contributed by atoms with Gasteiger partial charge in [-0.2, -0.15) is 0 Å². The average Bonchev–Trinajstić information content (AvgIpc) is 3.29. The van der Waals surface area contributed by atoms with E-state index in [1.54, 1.807) is 6.08 Å². The van der Waals surface area contributed by atoms with Crippen LogP contribution in [0.5, 0.6) is 0 Å². The van der Waals surface area contributed by atoms with Gasteiger partial charge in [-0.15, -0.1) is 0 Å². The molecule has 374 valence electrons. The number of hydrogen-bond acceptors (Lipinski definition) is 5. The number of aliphatic hydroxyl groups excluding tert-OH is 2. The van der Waals surface area contributed by atoms with E-state index in [0.717, 1.165) is 77.0 Å². The molecule has 0 rings (SSSR count). The molecule has 2 atom stereocenters. The molecule has 0 fully saturated rings. The summed E-state index contributed by atoms with van der Waals surface area (Å²) in [5, 5.41) is 23.1. The molecule has 2 unspecified atom stereocenters. The van der Waals surface area contributed by atoms with Crippen LogP contribution in [0.25, 0.3) is 0 Å². The number of unbranched alkanes of at least 4 members (excludes halogenated alkanes) is 34. The molecule has 0 bridgehead atoms. The van der Waals surface area contributed by atoms with E-state index in [4.69, 9.17) is 4.74 Å². The molecule has 0 radical (unpaired) electrons. The molecule has 0 aliphatic carbocycles. The highest BCUT2D eigenvalue weighted by Crippen LogP contribution is 2.15. The van der Waals surface area contributed by atoms with Gasteiger partial charge in [-0.25, -0.2) is 0 Å². The predicted molar refractivity (Wildman–Crippen MR) is 278 cm³/mol. The summed E-state index contributed by atoms with van der Waals surface area (Å²) >= 11 is 0. The maximum atomic E-state index is 12.4. The van der Waals surface area contributed by atoms with Crippen molar-refractivity contribution in [2.45, 2.75) is 296 Å². The molecule has 0 saturated carbocycles. The van der Waals surface area contributed by atoms with E-state index >= 15 is 0 Å². The van der Waals surface area contributed by atoms with Gasteiger partial charge in [0.2, 0.25) is 5.91 Å². The smallest absolute Gasteiger partial charge is 0.305 e. The van der Waals surface area contributed by atoms with Gasteiger partial charge in [0.25, 0.3) is 0 Å². The van der Waals surface area contributed by atoms with E-state index in [2.05, 4.69) is 55.6 Å². The minimum Gasteiger partial charge on any atom is -0.466 e. The highest BCUT2D eigenvalue weighted by molar-refractivity contribution is 5.76. The van der Waals surface area contributed by atoms with Crippen LogP contribution < -0.4 is 5.32 Å². The van der Waals surface area contributed by atoms with E-state index in [1.807, 2.05) is 6.08 Å². The second-order valence-electron chi connectivity index (χ2n) is 18.9. The highest BCUT2D eigenvalue weighted by atomic mass is 16.5. The minimum atomic E-state index is -0.862. The van der Waals surface area contributed by atoms with E-state index in [-0.39, 0.29) is 18.5 Å². The number of allylic oxidation sites excluding steroid dienone is 7. The molecule has 0 aromatic carbocycles. The van der Waals surface area contributed by atoms with Crippen LogP contribution in [0.15, 0.2) is 48.6 Å². The van der Waals surface area contributed by atoms with Gasteiger partial charge in [0, 0.05) is 12.8 Å². The Hall–Kier alpha value is -2.18. The molecule has 6 heteroatoms. The van der Waals surface area contributed by atoms with E-state index in [9.17, 15) is 19.8 Å². The number of rotatable bonds is 51. The molecular formula is C58H107NO5. The number of amides is 1. The summed E-state index contributed by atoms with van der Waals surface area (Å²) in [7, 11) is 0. The molecule has 64 heavy (non-hydrogen) atoms. The van der Waals surface area contributed by atoms with E-state index < -0.39 is 12.1 Å². The molecule has 1 amide bonds. The van der Waals surface area contributed by atoms with E-state index in [1.165, 1.54) is 180 Å². The van der Waals surface area contributed by atoms with Gasteiger partial charge in [-0.05, 0) is 89.9 Å². The van der Waals surface area contributed by atoms with Crippen molar-refractivity contribution in [2.24, 2.45) is 0 Å². The first kappa shape index (κ1) is 61.8. The number of esters is 1. The van der Waals surface area contributed by atoms with Gasteiger partial charge in [0.1, 0.15) is 0 Å². The van der Waals surface area contributed by atoms with Gasteiger partial charge in [-0.1, -0.05) is 229 Å². The van der Waals surface area contributed by atoms with Crippen molar-refractivity contribution in [3.8, 4) is 0 Å². The number of hydrogen-bond donors (Lipinski definition) is 3. The Bertz CT molecular complexity index is 1080. The Morgan fingerprint density at radius 2 is 0.781 bits per heavy atom. The second-order valence-corrected chi connectivity index (χ2v) is 18.9. The van der Waals surface area contributed by atoms with Crippen LogP contribution in [0.3, 0.4) is 0 Å². The fourth-order valence-electron chi connectivity index (χ4n) is 8.25. The molecule has 0 aromatic heterocycles. The lowest BCUT2D eigenvalue weighted by Gasteiger charge is -2.19. The Morgan fingerprint density at radius 3 is 1.25 bits per heavy atom. The number of nitrogens with one attached hydrogen (secondary N) is 1. The third kappa shape index (κ3) is 49.3. The second kappa shape index (κ2) is 53.4. The van der Waals surface area contributed by atoms with Crippen molar-refractivity contribution in [3.63, 3.8) is 0 Å². The quantitative estimate of drug-likeness (QED) is 0.0321. The van der Waals surface area contributed by atoms with Gasteiger partial charge >= 0.3 is 5.97 Å². The number of carbonyl (C=O) groups excluding carboxylic acids is 2. The van der Waals surface area contributed by atoms with Crippen LogP contribution in [-0.4, -0.2) is 47.4 Å². The van der Waals surface area contributed by atoms with Crippen molar-refractivity contribution < 1.29 is 24.5 Å². The van der Waals surface area contributed by atoms with Crippen molar-refractivity contribution in [1.82, 2.24) is 5.32 Å². The lowest BCUT2D eigenvalue weighted by molar-refractivity contribution is -0.143. The summed E-state index contributed by atoms with van der Waals surface area (Å²) in [6.45, 7) is 4.83. The Morgan fingerprint density at radius 1 is 0.438 bits per heavy atom.